The Kier molecular flexibility index (Phi) is 6.85. The van der Waals surface area contributed by atoms with Gasteiger partial charge in [0.2, 0.25) is 12.3 Å². The Morgan fingerprint density at radius 3 is 2.32 bits per heavy atom. The number of hydrogen-bond acceptors (Lipinski definition) is 4. The molecule has 7 nitrogen and oxygen atoms in total. The van der Waals surface area contributed by atoms with Crippen molar-refractivity contribution in [2.45, 2.75) is 13.0 Å². The fourth-order valence-corrected chi connectivity index (χ4v) is 4.79. The van der Waals surface area contributed by atoms with Crippen LogP contribution in [0.2, 0.25) is 0 Å². The number of hydrogen-bond donors (Lipinski definition) is 0. The van der Waals surface area contributed by atoms with Gasteiger partial charge in [-0.1, -0.05) is 24.0 Å². The largest absolute Gasteiger partial charge is 0.492 e. The highest BCUT2D eigenvalue weighted by Gasteiger charge is 2.28. The Hall–Kier alpha value is -4.28. The second kappa shape index (κ2) is 10.4. The predicted octanol–water partition coefficient (Wildman–Crippen LogP) is 3.63. The summed E-state index contributed by atoms with van der Waals surface area (Å²) < 4.78 is 9.45. The molecule has 2 aromatic carbocycles. The molecule has 0 aliphatic carbocycles. The van der Waals surface area contributed by atoms with Gasteiger partial charge in [0.15, 0.2) is 0 Å². The van der Waals surface area contributed by atoms with Crippen molar-refractivity contribution in [1.29, 1.82) is 0 Å². The molecule has 0 radical (unpaired) electrons. The normalized spacial score (nSPS) is 16.0. The van der Waals surface area contributed by atoms with Gasteiger partial charge in [-0.15, -0.1) is 0 Å². The van der Waals surface area contributed by atoms with E-state index in [2.05, 4.69) is 16.7 Å². The van der Waals surface area contributed by atoms with E-state index in [1.54, 1.807) is 9.47 Å². The first-order valence-electron chi connectivity index (χ1n) is 12.4. The van der Waals surface area contributed by atoms with E-state index in [1.807, 2.05) is 92.6 Å². The highest BCUT2D eigenvalue weighted by molar-refractivity contribution is 5.97. The Balaban J connectivity index is 1.19. The molecule has 1 atom stereocenters. The Morgan fingerprint density at radius 1 is 0.973 bits per heavy atom. The summed E-state index contributed by atoms with van der Waals surface area (Å²) >= 11 is 0. The number of rotatable bonds is 6. The smallest absolute Gasteiger partial charge is 0.239 e. The molecule has 188 valence electrons. The van der Waals surface area contributed by atoms with Gasteiger partial charge in [0.25, 0.3) is 0 Å². The van der Waals surface area contributed by atoms with Crippen molar-refractivity contribution in [3.63, 3.8) is 0 Å². The van der Waals surface area contributed by atoms with Gasteiger partial charge >= 0.3 is 0 Å². The minimum Gasteiger partial charge on any atom is -0.492 e. The molecule has 0 spiro atoms. The third-order valence-electron chi connectivity index (χ3n) is 7.01. The van der Waals surface area contributed by atoms with Crippen molar-refractivity contribution >= 4 is 23.4 Å². The summed E-state index contributed by atoms with van der Waals surface area (Å²) in [6.07, 6.45) is 4.66. The van der Waals surface area contributed by atoms with Gasteiger partial charge in [-0.05, 0) is 55.0 Å². The van der Waals surface area contributed by atoms with E-state index in [9.17, 15) is 9.59 Å². The molecule has 4 aromatic rings. The number of carbonyl (C=O) groups is 2. The number of nitrogens with zero attached hydrogens (tertiary/aromatic N) is 4. The van der Waals surface area contributed by atoms with Gasteiger partial charge in [0, 0.05) is 68.2 Å². The fraction of sp³-hybridized carbons (Fsp3) is 0.267. The molecule has 1 aliphatic heterocycles. The quantitative estimate of drug-likeness (QED) is 0.304. The van der Waals surface area contributed by atoms with E-state index < -0.39 is 0 Å². The van der Waals surface area contributed by atoms with Crippen molar-refractivity contribution in [3.05, 3.63) is 78.1 Å². The summed E-state index contributed by atoms with van der Waals surface area (Å²) in [4.78, 5) is 27.5. The molecule has 2 aromatic heterocycles. The summed E-state index contributed by atoms with van der Waals surface area (Å²) in [6.45, 7) is 4.82. The molecule has 1 fully saturated rings. The molecule has 0 N–H and O–H groups in total. The Bertz CT molecular complexity index is 1490. The number of ether oxygens (including phenoxy) is 1. The number of piperazine rings is 1. The van der Waals surface area contributed by atoms with E-state index in [4.69, 9.17) is 4.74 Å². The van der Waals surface area contributed by atoms with Crippen LogP contribution in [0.4, 0.5) is 0 Å². The number of aromatic nitrogens is 2. The third-order valence-corrected chi connectivity index (χ3v) is 7.01. The average molecular weight is 495 g/mol. The number of fused-ring (bicyclic) bond motifs is 1. The van der Waals surface area contributed by atoms with Crippen LogP contribution in [-0.4, -0.2) is 70.6 Å². The number of benzene rings is 2. The van der Waals surface area contributed by atoms with Gasteiger partial charge in [-0.3, -0.25) is 19.1 Å². The molecule has 0 bridgehead atoms. The van der Waals surface area contributed by atoms with Gasteiger partial charge < -0.3 is 14.2 Å². The van der Waals surface area contributed by atoms with Crippen molar-refractivity contribution in [2.24, 2.45) is 7.05 Å². The Morgan fingerprint density at radius 2 is 1.65 bits per heavy atom. The van der Waals surface area contributed by atoms with Gasteiger partial charge in [0.1, 0.15) is 18.0 Å². The molecule has 1 unspecified atom stereocenters. The molecule has 1 saturated heterocycles. The number of amides is 1. The lowest BCUT2D eigenvalue weighted by Gasteiger charge is -2.37. The van der Waals surface area contributed by atoms with Crippen LogP contribution < -0.4 is 4.74 Å². The molecule has 0 saturated carbocycles. The van der Waals surface area contributed by atoms with E-state index in [0.717, 1.165) is 58.5 Å². The Labute approximate surface area is 216 Å². The fourth-order valence-electron chi connectivity index (χ4n) is 4.79. The lowest BCUT2D eigenvalue weighted by atomic mass is 10.0. The van der Waals surface area contributed by atoms with Crippen LogP contribution in [-0.2, 0) is 16.6 Å². The summed E-state index contributed by atoms with van der Waals surface area (Å²) in [5.41, 5.74) is 4.76. The lowest BCUT2D eigenvalue weighted by molar-refractivity contribution is -0.139. The van der Waals surface area contributed by atoms with Gasteiger partial charge in [0.05, 0.1) is 6.04 Å². The predicted molar refractivity (Wildman–Crippen MR) is 145 cm³/mol. The van der Waals surface area contributed by atoms with Crippen LogP contribution in [0.1, 0.15) is 18.1 Å². The first kappa shape index (κ1) is 24.4. The maximum absolute atomic E-state index is 12.1. The molecule has 1 aliphatic rings. The molecular weight excluding hydrogens is 464 g/mol. The summed E-state index contributed by atoms with van der Waals surface area (Å²) in [6, 6.07) is 17.7. The standard InChI is InChI=1S/C30H30N4O3/c1-22-30(36)32(3)16-17-33(22)18-19-37-26-12-8-24(9-13-26)5-4-23-6-10-25(11-7-23)28-20-34(21-35)29-27(28)14-15-31(29)2/h6-15,20-22H,16-19H2,1-3H3. The SMILES string of the molecule is CC1C(=O)N(C)CCN1CCOc1ccc(C#Cc2ccc(-c3cn(C=O)c4c3ccn4C)cc2)cc1. The van der Waals surface area contributed by atoms with E-state index in [-0.39, 0.29) is 11.9 Å². The first-order chi connectivity index (χ1) is 17.9. The third kappa shape index (κ3) is 5.02. The number of aryl methyl sites for hydroxylation is 1. The maximum atomic E-state index is 12.1. The zero-order valence-corrected chi connectivity index (χ0v) is 21.3. The van der Waals surface area contributed by atoms with E-state index >= 15 is 0 Å². The molecule has 5 rings (SSSR count). The minimum atomic E-state index is -0.106. The monoisotopic (exact) mass is 494 g/mol. The van der Waals surface area contributed by atoms with Gasteiger partial charge in [-0.25, -0.2) is 0 Å². The van der Waals surface area contributed by atoms with Crippen LogP contribution in [0.15, 0.2) is 67.0 Å². The van der Waals surface area contributed by atoms with Crippen LogP contribution in [0.25, 0.3) is 22.2 Å². The molecular formula is C30H30N4O3. The van der Waals surface area contributed by atoms with Crippen LogP contribution in [0, 0.1) is 11.8 Å². The molecule has 7 heteroatoms. The minimum absolute atomic E-state index is 0.106. The van der Waals surface area contributed by atoms with Crippen molar-refractivity contribution in [1.82, 2.24) is 18.9 Å². The van der Waals surface area contributed by atoms with Gasteiger partial charge in [-0.2, -0.15) is 0 Å². The summed E-state index contributed by atoms with van der Waals surface area (Å²) in [5, 5.41) is 1.04. The number of likely N-dealkylation sites (N-methyl/N-ethyl adjacent to an activating group) is 1. The van der Waals surface area contributed by atoms with Crippen LogP contribution in [0.5, 0.6) is 5.75 Å². The summed E-state index contributed by atoms with van der Waals surface area (Å²) in [5.74, 6) is 7.37. The van der Waals surface area contributed by atoms with E-state index in [1.165, 1.54) is 0 Å². The van der Waals surface area contributed by atoms with Crippen molar-refractivity contribution in [3.8, 4) is 28.7 Å². The highest BCUT2D eigenvalue weighted by Crippen LogP contribution is 2.30. The van der Waals surface area contributed by atoms with Crippen molar-refractivity contribution < 1.29 is 14.3 Å². The zero-order valence-electron chi connectivity index (χ0n) is 21.3. The average Bonchev–Trinajstić information content (AvgIpc) is 3.49. The second-order valence-corrected chi connectivity index (χ2v) is 9.39. The molecule has 37 heavy (non-hydrogen) atoms. The van der Waals surface area contributed by atoms with Crippen molar-refractivity contribution in [2.75, 3.05) is 33.3 Å². The second-order valence-electron chi connectivity index (χ2n) is 9.39. The highest BCUT2D eigenvalue weighted by atomic mass is 16.5. The topological polar surface area (TPSA) is 59.7 Å². The van der Waals surface area contributed by atoms with Crippen LogP contribution >= 0.6 is 0 Å². The van der Waals surface area contributed by atoms with E-state index in [0.29, 0.717) is 13.2 Å². The lowest BCUT2D eigenvalue weighted by Crippen LogP contribution is -2.55. The van der Waals surface area contributed by atoms with Crippen LogP contribution in [0.3, 0.4) is 0 Å². The summed E-state index contributed by atoms with van der Waals surface area (Å²) in [7, 11) is 3.78. The maximum Gasteiger partial charge on any atom is 0.239 e. The first-order valence-corrected chi connectivity index (χ1v) is 12.4. The molecule has 3 heterocycles. The number of carbonyl (C=O) groups excluding carboxylic acids is 2. The zero-order chi connectivity index (χ0) is 25.9. The molecule has 1 amide bonds.